The standard InChI is InChI=1S/C17H25N3O/c1-3-18-17(12-21)10-6-7-14(11-17)20-13(2)19-15-8-4-5-9-16(15)20/h4-5,8-9,14,18,21H,3,6-7,10-12H2,1-2H3. The molecule has 0 bridgehead atoms. The van der Waals surface area contributed by atoms with E-state index in [0.29, 0.717) is 6.04 Å². The lowest BCUT2D eigenvalue weighted by molar-refractivity contribution is 0.0998. The summed E-state index contributed by atoms with van der Waals surface area (Å²) in [4.78, 5) is 4.69. The van der Waals surface area contributed by atoms with Gasteiger partial charge >= 0.3 is 0 Å². The summed E-state index contributed by atoms with van der Waals surface area (Å²) in [6.45, 7) is 5.31. The van der Waals surface area contributed by atoms with Gasteiger partial charge in [-0.2, -0.15) is 0 Å². The fraction of sp³-hybridized carbons (Fsp3) is 0.588. The molecule has 0 amide bonds. The van der Waals surface area contributed by atoms with Gasteiger partial charge in [0.05, 0.1) is 17.6 Å². The van der Waals surface area contributed by atoms with Gasteiger partial charge < -0.3 is 15.0 Å². The minimum atomic E-state index is -0.129. The van der Waals surface area contributed by atoms with Crippen molar-refractivity contribution >= 4 is 11.0 Å². The number of imidazole rings is 1. The quantitative estimate of drug-likeness (QED) is 0.909. The zero-order valence-electron chi connectivity index (χ0n) is 13.0. The number of fused-ring (bicyclic) bond motifs is 1. The predicted molar refractivity (Wildman–Crippen MR) is 85.5 cm³/mol. The highest BCUT2D eigenvalue weighted by atomic mass is 16.3. The Balaban J connectivity index is 1.96. The molecule has 0 aliphatic heterocycles. The Labute approximate surface area is 126 Å². The monoisotopic (exact) mass is 287 g/mol. The average Bonchev–Trinajstić information content (AvgIpc) is 2.83. The third-order valence-electron chi connectivity index (χ3n) is 4.81. The summed E-state index contributed by atoms with van der Waals surface area (Å²) in [5.41, 5.74) is 2.15. The van der Waals surface area contributed by atoms with E-state index in [0.717, 1.165) is 43.6 Å². The second-order valence-corrected chi connectivity index (χ2v) is 6.24. The van der Waals surface area contributed by atoms with Crippen LogP contribution in [0, 0.1) is 6.92 Å². The number of benzene rings is 1. The summed E-state index contributed by atoms with van der Waals surface area (Å²) >= 11 is 0. The van der Waals surface area contributed by atoms with E-state index in [1.54, 1.807) is 0 Å². The van der Waals surface area contributed by atoms with Crippen LogP contribution in [0.25, 0.3) is 11.0 Å². The van der Waals surface area contributed by atoms with Crippen LogP contribution in [0.5, 0.6) is 0 Å². The number of rotatable bonds is 4. The predicted octanol–water partition coefficient (Wildman–Crippen LogP) is 2.80. The Bertz CT molecular complexity index is 618. The number of nitrogens with one attached hydrogen (secondary N) is 1. The first kappa shape index (κ1) is 14.5. The summed E-state index contributed by atoms with van der Waals surface area (Å²) in [6, 6.07) is 8.75. The van der Waals surface area contributed by atoms with Crippen LogP contribution in [0.15, 0.2) is 24.3 Å². The van der Waals surface area contributed by atoms with E-state index in [4.69, 9.17) is 0 Å². The lowest BCUT2D eigenvalue weighted by Crippen LogP contribution is -2.51. The van der Waals surface area contributed by atoms with Crippen LogP contribution in [-0.4, -0.2) is 33.3 Å². The van der Waals surface area contributed by atoms with Gasteiger partial charge in [-0.3, -0.25) is 0 Å². The first-order valence-electron chi connectivity index (χ1n) is 7.98. The molecule has 4 heteroatoms. The number of aliphatic hydroxyl groups is 1. The average molecular weight is 287 g/mol. The number of likely N-dealkylation sites (N-methyl/N-ethyl adjacent to an activating group) is 1. The molecule has 1 aromatic heterocycles. The highest BCUT2D eigenvalue weighted by Crippen LogP contribution is 2.37. The molecule has 0 radical (unpaired) electrons. The van der Waals surface area contributed by atoms with Gasteiger partial charge in [-0.15, -0.1) is 0 Å². The van der Waals surface area contributed by atoms with E-state index in [1.807, 2.05) is 6.07 Å². The molecule has 21 heavy (non-hydrogen) atoms. The van der Waals surface area contributed by atoms with E-state index in [-0.39, 0.29) is 12.1 Å². The molecule has 0 saturated heterocycles. The number of hydrogen-bond acceptors (Lipinski definition) is 3. The maximum absolute atomic E-state index is 9.88. The smallest absolute Gasteiger partial charge is 0.106 e. The summed E-state index contributed by atoms with van der Waals surface area (Å²) in [7, 11) is 0. The molecule has 1 saturated carbocycles. The summed E-state index contributed by atoms with van der Waals surface area (Å²) < 4.78 is 2.37. The molecule has 1 aromatic carbocycles. The molecule has 4 nitrogen and oxygen atoms in total. The van der Waals surface area contributed by atoms with Crippen molar-refractivity contribution in [2.24, 2.45) is 0 Å². The van der Waals surface area contributed by atoms with Crippen molar-refractivity contribution in [2.75, 3.05) is 13.2 Å². The summed E-state index contributed by atoms with van der Waals surface area (Å²) in [5.74, 6) is 1.08. The van der Waals surface area contributed by atoms with Crippen molar-refractivity contribution < 1.29 is 5.11 Å². The fourth-order valence-corrected chi connectivity index (χ4v) is 3.91. The molecule has 0 spiro atoms. The van der Waals surface area contributed by atoms with Gasteiger partial charge in [-0.1, -0.05) is 19.1 Å². The number of aliphatic hydroxyl groups excluding tert-OH is 1. The van der Waals surface area contributed by atoms with Gasteiger partial charge in [0.15, 0.2) is 0 Å². The van der Waals surface area contributed by atoms with Crippen LogP contribution in [0.1, 0.15) is 44.5 Å². The topological polar surface area (TPSA) is 50.1 Å². The zero-order chi connectivity index (χ0) is 14.9. The van der Waals surface area contributed by atoms with E-state index >= 15 is 0 Å². The molecular weight excluding hydrogens is 262 g/mol. The van der Waals surface area contributed by atoms with Crippen molar-refractivity contribution in [3.63, 3.8) is 0 Å². The molecule has 1 aliphatic carbocycles. The lowest BCUT2D eigenvalue weighted by Gasteiger charge is -2.41. The van der Waals surface area contributed by atoms with Crippen molar-refractivity contribution in [1.82, 2.24) is 14.9 Å². The molecule has 2 unspecified atom stereocenters. The Morgan fingerprint density at radius 3 is 3.00 bits per heavy atom. The molecule has 1 heterocycles. The number of nitrogens with zero attached hydrogens (tertiary/aromatic N) is 2. The van der Waals surface area contributed by atoms with Crippen molar-refractivity contribution in [2.45, 2.75) is 51.1 Å². The first-order valence-corrected chi connectivity index (χ1v) is 7.98. The number of para-hydroxylation sites is 2. The Hall–Kier alpha value is -1.39. The second-order valence-electron chi connectivity index (χ2n) is 6.24. The van der Waals surface area contributed by atoms with Crippen LogP contribution in [0.4, 0.5) is 0 Å². The number of aryl methyl sites for hydroxylation is 1. The van der Waals surface area contributed by atoms with Crippen molar-refractivity contribution in [1.29, 1.82) is 0 Å². The van der Waals surface area contributed by atoms with E-state index in [9.17, 15) is 5.11 Å². The molecule has 2 atom stereocenters. The van der Waals surface area contributed by atoms with Crippen LogP contribution in [0.2, 0.25) is 0 Å². The third kappa shape index (κ3) is 2.58. The second kappa shape index (κ2) is 5.78. The molecule has 114 valence electrons. The molecule has 2 N–H and O–H groups in total. The van der Waals surface area contributed by atoms with Gasteiger partial charge in [-0.05, 0) is 51.3 Å². The van der Waals surface area contributed by atoms with E-state index in [1.165, 1.54) is 5.52 Å². The number of aromatic nitrogens is 2. The minimum absolute atomic E-state index is 0.129. The minimum Gasteiger partial charge on any atom is -0.394 e. The Kier molecular flexibility index (Phi) is 4.00. The van der Waals surface area contributed by atoms with Gasteiger partial charge in [-0.25, -0.2) is 4.98 Å². The zero-order valence-corrected chi connectivity index (χ0v) is 13.0. The molecule has 1 fully saturated rings. The van der Waals surface area contributed by atoms with E-state index in [2.05, 4.69) is 46.9 Å². The largest absolute Gasteiger partial charge is 0.394 e. The molecule has 1 aliphatic rings. The lowest BCUT2D eigenvalue weighted by atomic mass is 9.79. The first-order chi connectivity index (χ1) is 10.2. The SMILES string of the molecule is CCNC1(CO)CCCC(n2c(C)nc3ccccc32)C1. The van der Waals surface area contributed by atoms with Crippen molar-refractivity contribution in [3.05, 3.63) is 30.1 Å². The van der Waals surface area contributed by atoms with Gasteiger partial charge in [0.2, 0.25) is 0 Å². The maximum Gasteiger partial charge on any atom is 0.106 e. The van der Waals surface area contributed by atoms with Gasteiger partial charge in [0, 0.05) is 11.6 Å². The van der Waals surface area contributed by atoms with Gasteiger partial charge in [0.25, 0.3) is 0 Å². The number of hydrogen-bond donors (Lipinski definition) is 2. The van der Waals surface area contributed by atoms with E-state index < -0.39 is 0 Å². The van der Waals surface area contributed by atoms with Crippen LogP contribution in [-0.2, 0) is 0 Å². The fourth-order valence-electron chi connectivity index (χ4n) is 3.91. The molecule has 3 rings (SSSR count). The summed E-state index contributed by atoms with van der Waals surface area (Å²) in [6.07, 6.45) is 4.33. The molecule has 2 aromatic rings. The van der Waals surface area contributed by atoms with Gasteiger partial charge in [0.1, 0.15) is 5.82 Å². The third-order valence-corrected chi connectivity index (χ3v) is 4.81. The summed E-state index contributed by atoms with van der Waals surface area (Å²) in [5, 5.41) is 13.4. The van der Waals surface area contributed by atoms with Crippen molar-refractivity contribution in [3.8, 4) is 0 Å². The highest BCUT2D eigenvalue weighted by molar-refractivity contribution is 5.76. The Morgan fingerprint density at radius 1 is 1.43 bits per heavy atom. The Morgan fingerprint density at radius 2 is 2.24 bits per heavy atom. The molecular formula is C17H25N3O. The normalized spacial score (nSPS) is 26.3. The maximum atomic E-state index is 9.88. The van der Waals surface area contributed by atoms with Crippen LogP contribution >= 0.6 is 0 Å². The highest BCUT2D eigenvalue weighted by Gasteiger charge is 2.36. The van der Waals surface area contributed by atoms with Crippen LogP contribution < -0.4 is 5.32 Å². The van der Waals surface area contributed by atoms with Crippen LogP contribution in [0.3, 0.4) is 0 Å².